The van der Waals surface area contributed by atoms with Gasteiger partial charge in [-0.3, -0.25) is 14.6 Å². The number of amides is 3. The first-order valence-corrected chi connectivity index (χ1v) is 14.6. The Labute approximate surface area is 262 Å². The number of aromatic nitrogens is 1. The topological polar surface area (TPSA) is 148 Å². The SMILES string of the molecule is COc1cc2c(Oc3ccc(NC(=O)C4(C(=O)Nc5ccc(F)cc5)CC4)cc3F)ccnc2cc1OCCCCCNC(=O)O. The zero-order chi connectivity index (χ0) is 32.7. The third-order valence-corrected chi connectivity index (χ3v) is 7.47. The fourth-order valence-electron chi connectivity index (χ4n) is 4.77. The molecule has 0 radical (unpaired) electrons. The normalized spacial score (nSPS) is 13.0. The Morgan fingerprint density at radius 1 is 0.848 bits per heavy atom. The van der Waals surface area contributed by atoms with E-state index in [0.29, 0.717) is 72.7 Å². The molecule has 1 heterocycles. The number of pyridine rings is 1. The number of carbonyl (C=O) groups excluding carboxylic acids is 2. The Bertz CT molecular complexity index is 1750. The van der Waals surface area contributed by atoms with Gasteiger partial charge in [0.1, 0.15) is 17.0 Å². The van der Waals surface area contributed by atoms with Gasteiger partial charge >= 0.3 is 6.09 Å². The third kappa shape index (κ3) is 7.60. The van der Waals surface area contributed by atoms with Crippen LogP contribution in [0, 0.1) is 17.0 Å². The van der Waals surface area contributed by atoms with Gasteiger partial charge in [0.25, 0.3) is 0 Å². The summed E-state index contributed by atoms with van der Waals surface area (Å²) in [6.07, 6.45) is 3.29. The molecule has 46 heavy (non-hydrogen) atoms. The van der Waals surface area contributed by atoms with Crippen LogP contribution in [-0.2, 0) is 9.59 Å². The summed E-state index contributed by atoms with van der Waals surface area (Å²) in [6, 6.07) is 14.1. The fourth-order valence-corrected chi connectivity index (χ4v) is 4.77. The van der Waals surface area contributed by atoms with Crippen molar-refractivity contribution in [3.63, 3.8) is 0 Å². The summed E-state index contributed by atoms with van der Waals surface area (Å²) in [7, 11) is 1.49. The van der Waals surface area contributed by atoms with Crippen molar-refractivity contribution >= 4 is 40.2 Å². The number of anilines is 2. The number of rotatable bonds is 14. The summed E-state index contributed by atoms with van der Waals surface area (Å²) in [4.78, 5) is 40.8. The summed E-state index contributed by atoms with van der Waals surface area (Å²) in [5.41, 5.74) is -0.256. The van der Waals surface area contributed by atoms with Crippen molar-refractivity contribution in [2.24, 2.45) is 5.41 Å². The van der Waals surface area contributed by atoms with Crippen LogP contribution in [0.5, 0.6) is 23.0 Å². The fraction of sp³-hybridized carbons (Fsp3) is 0.273. The summed E-state index contributed by atoms with van der Waals surface area (Å²) >= 11 is 0. The van der Waals surface area contributed by atoms with Crippen LogP contribution in [0.3, 0.4) is 0 Å². The van der Waals surface area contributed by atoms with Crippen LogP contribution in [0.2, 0.25) is 0 Å². The number of methoxy groups -OCH3 is 1. The highest BCUT2D eigenvalue weighted by atomic mass is 19.1. The molecule has 3 aromatic carbocycles. The number of nitrogens with one attached hydrogen (secondary N) is 3. The number of halogens is 2. The van der Waals surface area contributed by atoms with Crippen LogP contribution in [0.1, 0.15) is 32.1 Å². The summed E-state index contributed by atoms with van der Waals surface area (Å²) in [6.45, 7) is 0.762. The van der Waals surface area contributed by atoms with E-state index in [1.165, 1.54) is 49.7 Å². The average Bonchev–Trinajstić information content (AvgIpc) is 3.85. The van der Waals surface area contributed by atoms with Crippen molar-refractivity contribution in [2.75, 3.05) is 30.9 Å². The molecule has 11 nitrogen and oxygen atoms in total. The second-order valence-corrected chi connectivity index (χ2v) is 10.7. The van der Waals surface area contributed by atoms with Crippen molar-refractivity contribution in [1.82, 2.24) is 10.3 Å². The minimum atomic E-state index is -1.29. The van der Waals surface area contributed by atoms with E-state index in [1.807, 2.05) is 0 Å². The van der Waals surface area contributed by atoms with Gasteiger partial charge in [0.15, 0.2) is 23.1 Å². The maximum atomic E-state index is 15.2. The van der Waals surface area contributed by atoms with Crippen molar-refractivity contribution in [3.8, 4) is 23.0 Å². The van der Waals surface area contributed by atoms with E-state index in [0.717, 1.165) is 12.5 Å². The molecule has 4 N–H and O–H groups in total. The van der Waals surface area contributed by atoms with Gasteiger partial charge in [0.05, 0.1) is 19.2 Å². The maximum absolute atomic E-state index is 15.2. The lowest BCUT2D eigenvalue weighted by molar-refractivity contribution is -0.131. The first-order chi connectivity index (χ1) is 22.2. The Kier molecular flexibility index (Phi) is 9.79. The highest BCUT2D eigenvalue weighted by Crippen LogP contribution is 2.47. The van der Waals surface area contributed by atoms with Crippen molar-refractivity contribution in [2.45, 2.75) is 32.1 Å². The molecule has 240 valence electrons. The largest absolute Gasteiger partial charge is 0.493 e. The zero-order valence-electron chi connectivity index (χ0n) is 24.9. The molecule has 0 bridgehead atoms. The van der Waals surface area contributed by atoms with Gasteiger partial charge in [-0.1, -0.05) is 0 Å². The standard InChI is InChI=1S/C33H32F2N4O7/c1-44-28-18-23-25(19-29(28)45-16-4-2-3-14-37-32(42)43)36-15-11-26(23)46-27-10-9-22(17-24(27)35)39-31(41)33(12-13-33)30(40)38-21-7-5-20(34)6-8-21/h5-11,15,17-19,37H,2-4,12-14,16H2,1H3,(H,38,40)(H,39,41)(H,42,43). The minimum Gasteiger partial charge on any atom is -0.493 e. The lowest BCUT2D eigenvalue weighted by Gasteiger charge is -2.16. The highest BCUT2D eigenvalue weighted by molar-refractivity contribution is 6.16. The summed E-state index contributed by atoms with van der Waals surface area (Å²) in [5.74, 6) is -1.17. The molecule has 1 aliphatic rings. The molecule has 0 aliphatic heterocycles. The van der Waals surface area contributed by atoms with Gasteiger partial charge < -0.3 is 35.3 Å². The zero-order valence-corrected chi connectivity index (χ0v) is 24.9. The Morgan fingerprint density at radius 3 is 2.24 bits per heavy atom. The first-order valence-electron chi connectivity index (χ1n) is 14.6. The average molecular weight is 635 g/mol. The number of hydrogen-bond donors (Lipinski definition) is 4. The van der Waals surface area contributed by atoms with E-state index in [4.69, 9.17) is 19.3 Å². The lowest BCUT2D eigenvalue weighted by atomic mass is 10.0. The molecule has 4 aromatic rings. The molecule has 1 saturated carbocycles. The quantitative estimate of drug-likeness (QED) is 0.0909. The van der Waals surface area contributed by atoms with Gasteiger partial charge in [-0.05, 0) is 80.6 Å². The van der Waals surface area contributed by atoms with Crippen molar-refractivity contribution < 1.29 is 42.5 Å². The second kappa shape index (κ2) is 14.1. The number of benzene rings is 3. The van der Waals surface area contributed by atoms with E-state index < -0.39 is 35.0 Å². The Hall–Kier alpha value is -5.46. The molecule has 5 rings (SSSR count). The molecular weight excluding hydrogens is 602 g/mol. The number of carboxylic acid groups (broad SMARTS) is 1. The maximum Gasteiger partial charge on any atom is 0.404 e. The number of fused-ring (bicyclic) bond motifs is 1. The molecule has 1 fully saturated rings. The first kappa shape index (κ1) is 31.9. The number of ether oxygens (including phenoxy) is 3. The van der Waals surface area contributed by atoms with Crippen LogP contribution in [0.15, 0.2) is 66.9 Å². The van der Waals surface area contributed by atoms with E-state index in [-0.39, 0.29) is 11.4 Å². The van der Waals surface area contributed by atoms with Gasteiger partial charge in [-0.15, -0.1) is 0 Å². The second-order valence-electron chi connectivity index (χ2n) is 10.7. The molecule has 0 unspecified atom stereocenters. The number of hydrogen-bond acceptors (Lipinski definition) is 7. The van der Waals surface area contributed by atoms with Gasteiger partial charge in [-0.25, -0.2) is 13.6 Å². The molecule has 13 heteroatoms. The van der Waals surface area contributed by atoms with Crippen LogP contribution < -0.4 is 30.2 Å². The molecule has 0 atom stereocenters. The van der Waals surface area contributed by atoms with Crippen molar-refractivity contribution in [3.05, 3.63) is 78.5 Å². The lowest BCUT2D eigenvalue weighted by Crippen LogP contribution is -2.35. The van der Waals surface area contributed by atoms with Crippen molar-refractivity contribution in [1.29, 1.82) is 0 Å². The van der Waals surface area contributed by atoms with E-state index in [9.17, 15) is 18.8 Å². The molecule has 3 amide bonds. The monoisotopic (exact) mass is 634 g/mol. The predicted molar refractivity (Wildman–Crippen MR) is 165 cm³/mol. The number of unbranched alkanes of at least 4 members (excludes halogenated alkanes) is 2. The van der Waals surface area contributed by atoms with E-state index in [2.05, 4.69) is 20.9 Å². The molecular formula is C33H32F2N4O7. The molecule has 0 saturated heterocycles. The van der Waals surface area contributed by atoms with Crippen LogP contribution in [-0.4, -0.2) is 48.3 Å². The summed E-state index contributed by atoms with van der Waals surface area (Å²) < 4.78 is 45.7. The highest BCUT2D eigenvalue weighted by Gasteiger charge is 2.56. The van der Waals surface area contributed by atoms with Gasteiger partial charge in [-0.2, -0.15) is 0 Å². The Balaban J connectivity index is 1.22. The summed E-state index contributed by atoms with van der Waals surface area (Å²) in [5, 5.41) is 16.8. The third-order valence-electron chi connectivity index (χ3n) is 7.47. The minimum absolute atomic E-state index is 0.0997. The molecule has 1 aromatic heterocycles. The van der Waals surface area contributed by atoms with Crippen LogP contribution in [0.25, 0.3) is 10.9 Å². The number of nitrogens with zero attached hydrogens (tertiary/aromatic N) is 1. The van der Waals surface area contributed by atoms with Gasteiger partial charge in [0, 0.05) is 41.6 Å². The Morgan fingerprint density at radius 2 is 1.57 bits per heavy atom. The van der Waals surface area contributed by atoms with Crippen LogP contribution >= 0.6 is 0 Å². The predicted octanol–water partition coefficient (Wildman–Crippen LogP) is 6.49. The smallest absolute Gasteiger partial charge is 0.404 e. The van der Waals surface area contributed by atoms with E-state index in [1.54, 1.807) is 18.2 Å². The van der Waals surface area contributed by atoms with Crippen LogP contribution in [0.4, 0.5) is 25.0 Å². The van der Waals surface area contributed by atoms with Gasteiger partial charge in [0.2, 0.25) is 11.8 Å². The molecule has 0 spiro atoms. The number of carbonyl (C=O) groups is 3. The molecule has 1 aliphatic carbocycles. The van der Waals surface area contributed by atoms with E-state index >= 15 is 4.39 Å².